The molecule has 1 aromatic carbocycles. The highest BCUT2D eigenvalue weighted by atomic mass is 16.5. The lowest BCUT2D eigenvalue weighted by Gasteiger charge is -1.98. The van der Waals surface area contributed by atoms with Gasteiger partial charge in [0.2, 0.25) is 5.91 Å². The minimum atomic E-state index is -0.0125. The maximum Gasteiger partial charge on any atom is 0.216 e. The van der Waals surface area contributed by atoms with Crippen LogP contribution in [0, 0.1) is 11.8 Å². The molecule has 2 rings (SSSR count). The molecule has 3 heteroatoms. The zero-order valence-corrected chi connectivity index (χ0v) is 9.88. The van der Waals surface area contributed by atoms with E-state index < -0.39 is 0 Å². The van der Waals surface area contributed by atoms with Crippen LogP contribution in [-0.4, -0.2) is 19.1 Å². The summed E-state index contributed by atoms with van der Waals surface area (Å²) >= 11 is 0. The van der Waals surface area contributed by atoms with E-state index in [1.165, 1.54) is 12.5 Å². The van der Waals surface area contributed by atoms with E-state index in [0.717, 1.165) is 24.3 Å². The summed E-state index contributed by atoms with van der Waals surface area (Å²) in [5, 5.41) is 2.71. The third-order valence-corrected chi connectivity index (χ3v) is 2.55. The fraction of sp³-hybridized carbons (Fsp3) is 0.357. The standard InChI is InChI=1S/C14H15NO2/c1-11(16)15-8-3-2-4-12-5-6-14-13(10-12)7-9-17-14/h5-6,10H,3,7-9H2,1H3,(H,15,16). The molecule has 0 bridgehead atoms. The highest BCUT2D eigenvalue weighted by Gasteiger charge is 2.10. The molecule has 17 heavy (non-hydrogen) atoms. The summed E-state index contributed by atoms with van der Waals surface area (Å²) in [6.45, 7) is 2.89. The Morgan fingerprint density at radius 1 is 1.53 bits per heavy atom. The van der Waals surface area contributed by atoms with Crippen molar-refractivity contribution in [2.24, 2.45) is 0 Å². The summed E-state index contributed by atoms with van der Waals surface area (Å²) in [6, 6.07) is 6.02. The maximum absolute atomic E-state index is 10.6. The van der Waals surface area contributed by atoms with Crippen LogP contribution >= 0.6 is 0 Å². The number of carbonyl (C=O) groups excluding carboxylic acids is 1. The van der Waals surface area contributed by atoms with E-state index in [1.54, 1.807) is 0 Å². The van der Waals surface area contributed by atoms with Gasteiger partial charge in [-0.25, -0.2) is 0 Å². The SMILES string of the molecule is CC(=O)NCCC#Cc1ccc2c(c1)CCO2. The highest BCUT2D eigenvalue weighted by Crippen LogP contribution is 2.25. The molecule has 0 radical (unpaired) electrons. The van der Waals surface area contributed by atoms with E-state index in [0.29, 0.717) is 13.0 Å². The average molecular weight is 229 g/mol. The van der Waals surface area contributed by atoms with Crippen molar-refractivity contribution in [2.75, 3.05) is 13.2 Å². The Bertz CT molecular complexity index is 483. The molecule has 1 N–H and O–H groups in total. The minimum absolute atomic E-state index is 0.0125. The van der Waals surface area contributed by atoms with Crippen LogP contribution in [0.2, 0.25) is 0 Å². The normalized spacial score (nSPS) is 12.1. The molecule has 0 atom stereocenters. The molecule has 1 aromatic rings. The molecule has 0 saturated heterocycles. The highest BCUT2D eigenvalue weighted by molar-refractivity contribution is 5.72. The van der Waals surface area contributed by atoms with E-state index in [9.17, 15) is 4.79 Å². The predicted molar refractivity (Wildman–Crippen MR) is 65.8 cm³/mol. The lowest BCUT2D eigenvalue weighted by atomic mass is 10.1. The van der Waals surface area contributed by atoms with Crippen molar-refractivity contribution in [2.45, 2.75) is 19.8 Å². The quantitative estimate of drug-likeness (QED) is 0.616. The van der Waals surface area contributed by atoms with Crippen molar-refractivity contribution in [3.8, 4) is 17.6 Å². The van der Waals surface area contributed by atoms with Gasteiger partial charge in [0.25, 0.3) is 0 Å². The fourth-order valence-corrected chi connectivity index (χ4v) is 1.73. The van der Waals surface area contributed by atoms with Gasteiger partial charge in [0.05, 0.1) is 6.61 Å². The van der Waals surface area contributed by atoms with E-state index in [-0.39, 0.29) is 5.91 Å². The van der Waals surface area contributed by atoms with Gasteiger partial charge in [-0.2, -0.15) is 0 Å². The maximum atomic E-state index is 10.6. The molecular formula is C14H15NO2. The van der Waals surface area contributed by atoms with E-state index >= 15 is 0 Å². The fourth-order valence-electron chi connectivity index (χ4n) is 1.73. The largest absolute Gasteiger partial charge is 0.493 e. The molecule has 0 spiro atoms. The van der Waals surface area contributed by atoms with Crippen molar-refractivity contribution in [1.82, 2.24) is 5.32 Å². The molecule has 1 heterocycles. The first kappa shape index (κ1) is 11.5. The number of hydrogen-bond donors (Lipinski definition) is 1. The van der Waals surface area contributed by atoms with Crippen molar-refractivity contribution in [1.29, 1.82) is 0 Å². The van der Waals surface area contributed by atoms with Gasteiger partial charge in [-0.1, -0.05) is 11.8 Å². The Morgan fingerprint density at radius 2 is 2.41 bits per heavy atom. The molecule has 1 aliphatic heterocycles. The summed E-state index contributed by atoms with van der Waals surface area (Å²) in [7, 11) is 0. The van der Waals surface area contributed by atoms with Crippen molar-refractivity contribution in [3.63, 3.8) is 0 Å². The smallest absolute Gasteiger partial charge is 0.216 e. The van der Waals surface area contributed by atoms with E-state index in [4.69, 9.17) is 4.74 Å². The Kier molecular flexibility index (Phi) is 3.66. The van der Waals surface area contributed by atoms with Crippen LogP contribution in [0.3, 0.4) is 0 Å². The minimum Gasteiger partial charge on any atom is -0.493 e. The molecule has 3 nitrogen and oxygen atoms in total. The second-order valence-corrected chi connectivity index (χ2v) is 3.96. The van der Waals surface area contributed by atoms with Crippen LogP contribution in [0.25, 0.3) is 0 Å². The third-order valence-electron chi connectivity index (χ3n) is 2.55. The van der Waals surface area contributed by atoms with Gasteiger partial charge >= 0.3 is 0 Å². The van der Waals surface area contributed by atoms with Crippen molar-refractivity contribution < 1.29 is 9.53 Å². The van der Waals surface area contributed by atoms with Gasteiger partial charge in [-0.3, -0.25) is 4.79 Å². The Labute approximate surface area is 101 Å². The first-order valence-corrected chi connectivity index (χ1v) is 5.75. The molecule has 0 fully saturated rings. The number of ether oxygens (including phenoxy) is 1. The first-order valence-electron chi connectivity index (χ1n) is 5.75. The van der Waals surface area contributed by atoms with E-state index in [2.05, 4.69) is 23.2 Å². The van der Waals surface area contributed by atoms with Gasteiger partial charge in [0.15, 0.2) is 0 Å². The number of nitrogens with one attached hydrogen (secondary N) is 1. The number of carbonyl (C=O) groups is 1. The summed E-state index contributed by atoms with van der Waals surface area (Å²) in [4.78, 5) is 10.6. The summed E-state index contributed by atoms with van der Waals surface area (Å²) < 4.78 is 5.43. The van der Waals surface area contributed by atoms with Gasteiger partial charge in [-0.15, -0.1) is 0 Å². The molecule has 88 valence electrons. The molecule has 1 amide bonds. The van der Waals surface area contributed by atoms with Crippen LogP contribution in [0.4, 0.5) is 0 Å². The van der Waals surface area contributed by atoms with Crippen molar-refractivity contribution in [3.05, 3.63) is 29.3 Å². The zero-order chi connectivity index (χ0) is 12.1. The molecule has 0 aliphatic carbocycles. The van der Waals surface area contributed by atoms with Gasteiger partial charge in [-0.05, 0) is 23.8 Å². The van der Waals surface area contributed by atoms with Gasteiger partial charge in [0.1, 0.15) is 5.75 Å². The third kappa shape index (κ3) is 3.25. The topological polar surface area (TPSA) is 38.3 Å². The molecule has 0 aromatic heterocycles. The number of amides is 1. The van der Waals surface area contributed by atoms with Crippen LogP contribution < -0.4 is 10.1 Å². The summed E-state index contributed by atoms with van der Waals surface area (Å²) in [6.07, 6.45) is 1.64. The van der Waals surface area contributed by atoms with Crippen LogP contribution in [-0.2, 0) is 11.2 Å². The number of hydrogen-bond acceptors (Lipinski definition) is 2. The molecule has 1 aliphatic rings. The number of rotatable bonds is 2. The molecule has 0 saturated carbocycles. The molecular weight excluding hydrogens is 214 g/mol. The molecule has 0 unspecified atom stereocenters. The van der Waals surface area contributed by atoms with Gasteiger partial charge in [0, 0.05) is 31.9 Å². The van der Waals surface area contributed by atoms with Crippen LogP contribution in [0.1, 0.15) is 24.5 Å². The summed E-state index contributed by atoms with van der Waals surface area (Å²) in [5.41, 5.74) is 2.25. The second-order valence-electron chi connectivity index (χ2n) is 3.96. The van der Waals surface area contributed by atoms with Gasteiger partial charge < -0.3 is 10.1 Å². The zero-order valence-electron chi connectivity index (χ0n) is 9.88. The lowest BCUT2D eigenvalue weighted by Crippen LogP contribution is -2.20. The Hall–Kier alpha value is -1.95. The average Bonchev–Trinajstić information content (AvgIpc) is 2.75. The van der Waals surface area contributed by atoms with Crippen LogP contribution in [0.15, 0.2) is 18.2 Å². The van der Waals surface area contributed by atoms with Crippen molar-refractivity contribution >= 4 is 5.91 Å². The predicted octanol–water partition coefficient (Wildman–Crippen LogP) is 1.50. The van der Waals surface area contributed by atoms with E-state index in [1.807, 2.05) is 12.1 Å². The number of benzene rings is 1. The Balaban J connectivity index is 1.91. The first-order chi connectivity index (χ1) is 8.25. The monoisotopic (exact) mass is 229 g/mol. The lowest BCUT2D eigenvalue weighted by molar-refractivity contribution is -0.118. The number of fused-ring (bicyclic) bond motifs is 1. The van der Waals surface area contributed by atoms with Crippen LogP contribution in [0.5, 0.6) is 5.75 Å². The Morgan fingerprint density at radius 3 is 3.24 bits per heavy atom. The summed E-state index contributed by atoms with van der Waals surface area (Å²) in [5.74, 6) is 7.10. The second kappa shape index (κ2) is 5.40.